The first-order valence-corrected chi connectivity index (χ1v) is 7.31. The van der Waals surface area contributed by atoms with Crippen molar-refractivity contribution < 1.29 is 19.1 Å². The van der Waals surface area contributed by atoms with Gasteiger partial charge in [0.05, 0.1) is 31.4 Å². The number of nitrogens with one attached hydrogen (secondary N) is 2. The largest absolute Gasteiger partial charge is 0.463 e. The number of amides is 2. The van der Waals surface area contributed by atoms with Crippen LogP contribution in [-0.4, -0.2) is 61.9 Å². The number of urea groups is 1. The Labute approximate surface area is 124 Å². The van der Waals surface area contributed by atoms with Gasteiger partial charge in [-0.05, 0) is 20.8 Å². The van der Waals surface area contributed by atoms with Crippen LogP contribution in [-0.2, 0) is 14.3 Å². The van der Waals surface area contributed by atoms with Gasteiger partial charge in [-0.3, -0.25) is 4.90 Å². The first-order chi connectivity index (χ1) is 10.0. The second kappa shape index (κ2) is 6.91. The minimum Gasteiger partial charge on any atom is -0.463 e. The molecule has 1 fully saturated rings. The molecule has 0 saturated carbocycles. The molecule has 0 aromatic carbocycles. The van der Waals surface area contributed by atoms with E-state index in [1.807, 2.05) is 6.92 Å². The number of hydrogen-bond acceptors (Lipinski definition) is 5. The first kappa shape index (κ1) is 15.8. The number of carbonyl (C=O) groups is 2. The normalized spacial score (nSPS) is 27.1. The highest BCUT2D eigenvalue weighted by atomic mass is 16.5. The van der Waals surface area contributed by atoms with E-state index in [1.165, 1.54) is 0 Å². The van der Waals surface area contributed by atoms with Crippen LogP contribution in [0.15, 0.2) is 11.3 Å². The van der Waals surface area contributed by atoms with Crippen LogP contribution in [0.2, 0.25) is 0 Å². The van der Waals surface area contributed by atoms with Crippen LogP contribution in [0.1, 0.15) is 20.8 Å². The van der Waals surface area contributed by atoms with Gasteiger partial charge in [-0.2, -0.15) is 0 Å². The Morgan fingerprint density at radius 3 is 2.95 bits per heavy atom. The van der Waals surface area contributed by atoms with Crippen molar-refractivity contribution in [3.05, 3.63) is 11.3 Å². The molecule has 118 valence electrons. The van der Waals surface area contributed by atoms with Gasteiger partial charge in [-0.1, -0.05) is 0 Å². The first-order valence-electron chi connectivity index (χ1n) is 7.31. The zero-order valence-corrected chi connectivity index (χ0v) is 12.8. The van der Waals surface area contributed by atoms with Crippen molar-refractivity contribution in [2.75, 3.05) is 32.8 Å². The van der Waals surface area contributed by atoms with E-state index in [0.717, 1.165) is 6.54 Å². The molecule has 7 nitrogen and oxygen atoms in total. The number of rotatable bonds is 4. The lowest BCUT2D eigenvalue weighted by Gasteiger charge is -2.38. The third-order valence-corrected chi connectivity index (χ3v) is 3.67. The Morgan fingerprint density at radius 2 is 2.24 bits per heavy atom. The van der Waals surface area contributed by atoms with E-state index < -0.39 is 0 Å². The van der Waals surface area contributed by atoms with E-state index in [1.54, 1.807) is 6.92 Å². The molecule has 0 bridgehead atoms. The molecule has 0 aromatic heterocycles. The summed E-state index contributed by atoms with van der Waals surface area (Å²) >= 11 is 0. The van der Waals surface area contributed by atoms with Crippen LogP contribution in [0.4, 0.5) is 4.79 Å². The summed E-state index contributed by atoms with van der Waals surface area (Å²) in [7, 11) is 0. The molecule has 0 spiro atoms. The molecule has 0 aliphatic carbocycles. The Hall–Kier alpha value is -1.60. The minimum absolute atomic E-state index is 0.144. The molecule has 2 rings (SSSR count). The molecular weight excluding hydrogens is 274 g/mol. The Kier molecular flexibility index (Phi) is 5.19. The van der Waals surface area contributed by atoms with Crippen LogP contribution < -0.4 is 10.6 Å². The maximum Gasteiger partial charge on any atom is 0.337 e. The van der Waals surface area contributed by atoms with E-state index in [4.69, 9.17) is 9.47 Å². The van der Waals surface area contributed by atoms with Crippen LogP contribution in [0, 0.1) is 0 Å². The summed E-state index contributed by atoms with van der Waals surface area (Å²) in [5.74, 6) is -0.381. The zero-order chi connectivity index (χ0) is 15.4. The maximum absolute atomic E-state index is 12.0. The quantitative estimate of drug-likeness (QED) is 0.726. The van der Waals surface area contributed by atoms with E-state index in [-0.39, 0.29) is 30.7 Å². The topological polar surface area (TPSA) is 79.9 Å². The average molecular weight is 297 g/mol. The van der Waals surface area contributed by atoms with Crippen LogP contribution in [0.5, 0.6) is 0 Å². The number of nitrogens with zero attached hydrogens (tertiary/aromatic N) is 1. The van der Waals surface area contributed by atoms with Gasteiger partial charge in [0, 0.05) is 24.8 Å². The Morgan fingerprint density at radius 1 is 1.48 bits per heavy atom. The summed E-state index contributed by atoms with van der Waals surface area (Å²) in [5.41, 5.74) is 1.11. The van der Waals surface area contributed by atoms with Crippen molar-refractivity contribution in [1.29, 1.82) is 0 Å². The predicted octanol–water partition coefficient (Wildman–Crippen LogP) is 0.226. The van der Waals surface area contributed by atoms with E-state index in [2.05, 4.69) is 22.5 Å². The fourth-order valence-corrected chi connectivity index (χ4v) is 2.48. The lowest BCUT2D eigenvalue weighted by Crippen LogP contribution is -2.52. The third-order valence-electron chi connectivity index (χ3n) is 3.67. The number of carbonyl (C=O) groups excluding carboxylic acids is 2. The van der Waals surface area contributed by atoms with Gasteiger partial charge < -0.3 is 20.1 Å². The van der Waals surface area contributed by atoms with E-state index >= 15 is 0 Å². The number of ether oxygens (including phenoxy) is 2. The number of morpholine rings is 1. The van der Waals surface area contributed by atoms with Crippen molar-refractivity contribution in [3.63, 3.8) is 0 Å². The monoisotopic (exact) mass is 297 g/mol. The third kappa shape index (κ3) is 3.95. The fourth-order valence-electron chi connectivity index (χ4n) is 2.48. The lowest BCUT2D eigenvalue weighted by molar-refractivity contribution is -0.138. The molecule has 2 amide bonds. The SMILES string of the molecule is CCOC(=O)C1=C(CN2C[C@@H](C)OC[C@@H]2C)NC(=O)NC1. The highest BCUT2D eigenvalue weighted by Gasteiger charge is 2.29. The van der Waals surface area contributed by atoms with E-state index in [9.17, 15) is 9.59 Å². The van der Waals surface area contributed by atoms with Crippen molar-refractivity contribution in [3.8, 4) is 0 Å². The fraction of sp³-hybridized carbons (Fsp3) is 0.714. The molecule has 0 aromatic rings. The second-order valence-corrected chi connectivity index (χ2v) is 5.41. The second-order valence-electron chi connectivity index (χ2n) is 5.41. The van der Waals surface area contributed by atoms with Crippen molar-refractivity contribution in [1.82, 2.24) is 15.5 Å². The van der Waals surface area contributed by atoms with Gasteiger partial charge >= 0.3 is 12.0 Å². The smallest absolute Gasteiger partial charge is 0.337 e. The van der Waals surface area contributed by atoms with Crippen molar-refractivity contribution in [2.24, 2.45) is 0 Å². The van der Waals surface area contributed by atoms with Crippen LogP contribution in [0.25, 0.3) is 0 Å². The Balaban J connectivity index is 2.15. The van der Waals surface area contributed by atoms with Gasteiger partial charge in [0.1, 0.15) is 0 Å². The number of hydrogen-bond donors (Lipinski definition) is 2. The van der Waals surface area contributed by atoms with Gasteiger partial charge in [0.15, 0.2) is 0 Å². The molecule has 1 saturated heterocycles. The molecule has 0 radical (unpaired) electrons. The molecule has 2 aliphatic rings. The highest BCUT2D eigenvalue weighted by Crippen LogP contribution is 2.16. The predicted molar refractivity (Wildman–Crippen MR) is 76.6 cm³/mol. The molecule has 2 heterocycles. The van der Waals surface area contributed by atoms with Crippen molar-refractivity contribution >= 4 is 12.0 Å². The van der Waals surface area contributed by atoms with Crippen molar-refractivity contribution in [2.45, 2.75) is 32.9 Å². The lowest BCUT2D eigenvalue weighted by atomic mass is 10.1. The molecule has 2 aliphatic heterocycles. The summed E-state index contributed by atoms with van der Waals surface area (Å²) in [4.78, 5) is 25.7. The summed E-state index contributed by atoms with van der Waals surface area (Å²) in [6, 6.07) is -0.0454. The summed E-state index contributed by atoms with van der Waals surface area (Å²) < 4.78 is 10.6. The average Bonchev–Trinajstić information content (AvgIpc) is 2.43. The van der Waals surface area contributed by atoms with Gasteiger partial charge in [-0.25, -0.2) is 9.59 Å². The van der Waals surface area contributed by atoms with E-state index in [0.29, 0.717) is 31.0 Å². The summed E-state index contributed by atoms with van der Waals surface area (Å²) in [6.45, 7) is 8.29. The van der Waals surface area contributed by atoms with Crippen LogP contribution in [0.3, 0.4) is 0 Å². The molecular formula is C14H23N3O4. The molecule has 2 N–H and O–H groups in total. The minimum atomic E-state index is -0.381. The molecule has 21 heavy (non-hydrogen) atoms. The Bertz CT molecular complexity index is 450. The maximum atomic E-state index is 12.0. The van der Waals surface area contributed by atoms with Crippen LogP contribution >= 0.6 is 0 Å². The number of esters is 1. The summed E-state index contributed by atoms with van der Waals surface area (Å²) in [6.07, 6.45) is 0.144. The molecule has 0 unspecified atom stereocenters. The highest BCUT2D eigenvalue weighted by molar-refractivity contribution is 5.93. The van der Waals surface area contributed by atoms with Gasteiger partial charge in [0.25, 0.3) is 0 Å². The molecule has 2 atom stereocenters. The standard InChI is InChI=1S/C14H23N3O4/c1-4-20-13(18)11-5-15-14(19)16-12(11)7-17-6-10(3)21-8-9(17)2/h9-10H,4-8H2,1-3H3,(H2,15,16,19)/t9-,10+/m0/s1. The summed E-state index contributed by atoms with van der Waals surface area (Å²) in [5, 5.41) is 5.34. The van der Waals surface area contributed by atoms with Gasteiger partial charge in [0.2, 0.25) is 0 Å². The molecule has 7 heteroatoms. The van der Waals surface area contributed by atoms with Gasteiger partial charge in [-0.15, -0.1) is 0 Å². The zero-order valence-electron chi connectivity index (χ0n) is 12.8.